The lowest BCUT2D eigenvalue weighted by Gasteiger charge is -2.15. The Balaban J connectivity index is 2.53. The van der Waals surface area contributed by atoms with Gasteiger partial charge in [-0.2, -0.15) is 0 Å². The minimum absolute atomic E-state index is 0.695. The maximum atomic E-state index is 6.22. The SMILES string of the molecule is CCCNCc1cccc(Cl)c1OCCCN(C)C. The van der Waals surface area contributed by atoms with Crippen LogP contribution in [0.3, 0.4) is 0 Å². The number of rotatable bonds is 9. The molecule has 3 nitrogen and oxygen atoms in total. The molecule has 0 aliphatic heterocycles. The van der Waals surface area contributed by atoms with E-state index in [1.54, 1.807) is 0 Å². The van der Waals surface area contributed by atoms with Crippen LogP contribution in [-0.4, -0.2) is 38.7 Å². The minimum Gasteiger partial charge on any atom is -0.492 e. The van der Waals surface area contributed by atoms with Gasteiger partial charge in [-0.3, -0.25) is 0 Å². The molecule has 1 aromatic carbocycles. The van der Waals surface area contributed by atoms with Crippen LogP contribution in [0.4, 0.5) is 0 Å². The summed E-state index contributed by atoms with van der Waals surface area (Å²) in [5.74, 6) is 0.825. The van der Waals surface area contributed by atoms with Crippen LogP contribution in [-0.2, 0) is 6.54 Å². The van der Waals surface area contributed by atoms with E-state index < -0.39 is 0 Å². The van der Waals surface area contributed by atoms with Gasteiger partial charge in [0.05, 0.1) is 11.6 Å². The summed E-state index contributed by atoms with van der Waals surface area (Å²) in [7, 11) is 4.13. The number of halogens is 1. The highest BCUT2D eigenvalue weighted by Gasteiger charge is 2.08. The molecule has 0 fully saturated rings. The number of para-hydroxylation sites is 1. The number of nitrogens with one attached hydrogen (secondary N) is 1. The molecule has 19 heavy (non-hydrogen) atoms. The molecule has 0 atom stereocenters. The molecule has 1 aromatic rings. The summed E-state index contributed by atoms with van der Waals surface area (Å²) in [5.41, 5.74) is 1.13. The Kier molecular flexibility index (Phi) is 7.87. The molecule has 0 radical (unpaired) electrons. The van der Waals surface area contributed by atoms with Crippen LogP contribution in [0.2, 0.25) is 5.02 Å². The van der Waals surface area contributed by atoms with Crippen molar-refractivity contribution in [1.82, 2.24) is 10.2 Å². The Morgan fingerprint density at radius 2 is 2.11 bits per heavy atom. The first kappa shape index (κ1) is 16.3. The van der Waals surface area contributed by atoms with E-state index in [-0.39, 0.29) is 0 Å². The largest absolute Gasteiger partial charge is 0.492 e. The van der Waals surface area contributed by atoms with E-state index in [4.69, 9.17) is 16.3 Å². The van der Waals surface area contributed by atoms with Gasteiger partial charge in [0.15, 0.2) is 0 Å². The van der Waals surface area contributed by atoms with Gasteiger partial charge in [0.25, 0.3) is 0 Å². The highest BCUT2D eigenvalue weighted by atomic mass is 35.5. The summed E-state index contributed by atoms with van der Waals surface area (Å²) in [6, 6.07) is 5.92. The predicted molar refractivity (Wildman–Crippen MR) is 82.1 cm³/mol. The summed E-state index contributed by atoms with van der Waals surface area (Å²) in [6.45, 7) is 5.68. The molecule has 1 rings (SSSR count). The highest BCUT2D eigenvalue weighted by Crippen LogP contribution is 2.28. The van der Waals surface area contributed by atoms with Crippen molar-refractivity contribution in [2.75, 3.05) is 33.8 Å². The summed E-state index contributed by atoms with van der Waals surface area (Å²) in [6.07, 6.45) is 2.12. The quantitative estimate of drug-likeness (QED) is 0.705. The zero-order chi connectivity index (χ0) is 14.1. The second-order valence-electron chi connectivity index (χ2n) is 4.91. The lowest BCUT2D eigenvalue weighted by molar-refractivity contribution is 0.279. The summed E-state index contributed by atoms with van der Waals surface area (Å²) in [4.78, 5) is 2.15. The molecule has 0 aromatic heterocycles. The van der Waals surface area contributed by atoms with Gasteiger partial charge in [0.1, 0.15) is 5.75 Å². The van der Waals surface area contributed by atoms with E-state index in [2.05, 4.69) is 37.3 Å². The first-order chi connectivity index (χ1) is 9.15. The van der Waals surface area contributed by atoms with Crippen LogP contribution in [0.15, 0.2) is 18.2 Å². The number of ether oxygens (including phenoxy) is 1. The van der Waals surface area contributed by atoms with E-state index in [1.165, 1.54) is 0 Å². The highest BCUT2D eigenvalue weighted by molar-refractivity contribution is 6.32. The van der Waals surface area contributed by atoms with E-state index in [9.17, 15) is 0 Å². The molecule has 1 N–H and O–H groups in total. The fourth-order valence-corrected chi connectivity index (χ4v) is 2.06. The van der Waals surface area contributed by atoms with Crippen molar-refractivity contribution >= 4 is 11.6 Å². The molecule has 0 aliphatic rings. The number of hydrogen-bond acceptors (Lipinski definition) is 3. The number of nitrogens with zero attached hydrogens (tertiary/aromatic N) is 1. The van der Waals surface area contributed by atoms with Crippen LogP contribution in [0.1, 0.15) is 25.3 Å². The van der Waals surface area contributed by atoms with Gasteiger partial charge in [-0.25, -0.2) is 0 Å². The Morgan fingerprint density at radius 3 is 2.79 bits per heavy atom. The smallest absolute Gasteiger partial charge is 0.142 e. The molecular formula is C15H25ClN2O. The maximum absolute atomic E-state index is 6.22. The van der Waals surface area contributed by atoms with Gasteiger partial charge >= 0.3 is 0 Å². The maximum Gasteiger partial charge on any atom is 0.142 e. The van der Waals surface area contributed by atoms with E-state index >= 15 is 0 Å². The molecular weight excluding hydrogens is 260 g/mol. The van der Waals surface area contributed by atoms with Crippen molar-refractivity contribution in [3.8, 4) is 5.75 Å². The standard InChI is InChI=1S/C15H25ClN2O/c1-4-9-17-12-13-7-5-8-14(16)15(13)19-11-6-10-18(2)3/h5,7-8,17H,4,6,9-12H2,1-3H3. The van der Waals surface area contributed by atoms with Gasteiger partial charge in [-0.15, -0.1) is 0 Å². The van der Waals surface area contributed by atoms with Crippen LogP contribution in [0.5, 0.6) is 5.75 Å². The molecule has 0 amide bonds. The Labute approximate surface area is 121 Å². The van der Waals surface area contributed by atoms with Gasteiger partial charge in [0.2, 0.25) is 0 Å². The first-order valence-electron chi connectivity index (χ1n) is 6.90. The predicted octanol–water partition coefficient (Wildman–Crippen LogP) is 3.17. The fraction of sp³-hybridized carbons (Fsp3) is 0.600. The second kappa shape index (κ2) is 9.18. The average molecular weight is 285 g/mol. The fourth-order valence-electron chi connectivity index (χ4n) is 1.81. The third-order valence-corrected chi connectivity index (χ3v) is 3.08. The molecule has 0 saturated carbocycles. The van der Waals surface area contributed by atoms with E-state index in [1.807, 2.05) is 12.1 Å². The summed E-state index contributed by atoms with van der Waals surface area (Å²) in [5, 5.41) is 4.08. The molecule has 0 aliphatic carbocycles. The average Bonchev–Trinajstić information content (AvgIpc) is 2.37. The molecule has 4 heteroatoms. The zero-order valence-corrected chi connectivity index (χ0v) is 13.0. The van der Waals surface area contributed by atoms with Crippen molar-refractivity contribution in [3.05, 3.63) is 28.8 Å². The molecule has 0 heterocycles. The number of benzene rings is 1. The van der Waals surface area contributed by atoms with Gasteiger partial charge in [-0.05, 0) is 39.5 Å². The van der Waals surface area contributed by atoms with Crippen molar-refractivity contribution < 1.29 is 4.74 Å². The Hall–Kier alpha value is -0.770. The van der Waals surface area contributed by atoms with Crippen molar-refractivity contribution in [2.24, 2.45) is 0 Å². The van der Waals surface area contributed by atoms with Crippen LogP contribution in [0, 0.1) is 0 Å². The summed E-state index contributed by atoms with van der Waals surface area (Å²) >= 11 is 6.22. The van der Waals surface area contributed by atoms with Gasteiger partial charge in [0, 0.05) is 18.7 Å². The minimum atomic E-state index is 0.695. The second-order valence-corrected chi connectivity index (χ2v) is 5.32. The lowest BCUT2D eigenvalue weighted by atomic mass is 10.2. The number of hydrogen-bond donors (Lipinski definition) is 1. The van der Waals surface area contributed by atoms with Gasteiger partial charge in [-0.1, -0.05) is 30.7 Å². The third kappa shape index (κ3) is 6.28. The first-order valence-corrected chi connectivity index (χ1v) is 7.28. The van der Waals surface area contributed by atoms with E-state index in [0.717, 1.165) is 43.8 Å². The van der Waals surface area contributed by atoms with E-state index in [0.29, 0.717) is 11.6 Å². The molecule has 0 spiro atoms. The summed E-state index contributed by atoms with van der Waals surface area (Å²) < 4.78 is 5.85. The van der Waals surface area contributed by atoms with Crippen LogP contribution < -0.4 is 10.1 Å². The Morgan fingerprint density at radius 1 is 1.32 bits per heavy atom. The zero-order valence-electron chi connectivity index (χ0n) is 12.2. The molecule has 108 valence electrons. The van der Waals surface area contributed by atoms with Crippen molar-refractivity contribution in [1.29, 1.82) is 0 Å². The van der Waals surface area contributed by atoms with Gasteiger partial charge < -0.3 is 15.0 Å². The topological polar surface area (TPSA) is 24.5 Å². The molecule has 0 saturated heterocycles. The van der Waals surface area contributed by atoms with Crippen LogP contribution >= 0.6 is 11.6 Å². The molecule has 0 bridgehead atoms. The van der Waals surface area contributed by atoms with Crippen LogP contribution in [0.25, 0.3) is 0 Å². The van der Waals surface area contributed by atoms with Crippen molar-refractivity contribution in [2.45, 2.75) is 26.3 Å². The molecule has 0 unspecified atom stereocenters. The Bertz CT molecular complexity index is 369. The third-order valence-electron chi connectivity index (χ3n) is 2.79. The lowest BCUT2D eigenvalue weighted by Crippen LogP contribution is -2.17. The monoisotopic (exact) mass is 284 g/mol. The normalized spacial score (nSPS) is 11.0. The van der Waals surface area contributed by atoms with Crippen molar-refractivity contribution in [3.63, 3.8) is 0 Å².